The summed E-state index contributed by atoms with van der Waals surface area (Å²) >= 11 is 2.96. The molecule has 7 heteroatoms. The lowest BCUT2D eigenvalue weighted by molar-refractivity contribution is -0.138. The van der Waals surface area contributed by atoms with Crippen LogP contribution in [0.3, 0.4) is 0 Å². The number of fused-ring (bicyclic) bond motifs is 2. The van der Waals surface area contributed by atoms with Gasteiger partial charge in [-0.3, -0.25) is 9.36 Å². The van der Waals surface area contributed by atoms with Gasteiger partial charge < -0.3 is 4.74 Å². The van der Waals surface area contributed by atoms with Crippen LogP contribution in [0, 0.1) is 0 Å². The molecule has 1 aromatic heterocycles. The molecule has 36 heavy (non-hydrogen) atoms. The molecule has 5 rings (SSSR count). The van der Waals surface area contributed by atoms with Crippen LogP contribution in [-0.2, 0) is 9.53 Å². The van der Waals surface area contributed by atoms with E-state index < -0.39 is 12.0 Å². The first-order valence-corrected chi connectivity index (χ1v) is 13.5. The van der Waals surface area contributed by atoms with E-state index in [1.165, 1.54) is 17.4 Å². The number of hydrogen-bond acceptors (Lipinski definition) is 6. The van der Waals surface area contributed by atoms with Crippen LogP contribution in [-0.4, -0.2) is 23.4 Å². The van der Waals surface area contributed by atoms with Crippen LogP contribution in [0.2, 0.25) is 0 Å². The number of thiazole rings is 1. The highest BCUT2D eigenvalue weighted by Crippen LogP contribution is 2.31. The van der Waals surface area contributed by atoms with E-state index in [4.69, 9.17) is 4.74 Å². The van der Waals surface area contributed by atoms with E-state index in [1.807, 2.05) is 66.9 Å². The number of nitrogens with zero attached hydrogens (tertiary/aromatic N) is 2. The maximum atomic E-state index is 13.8. The van der Waals surface area contributed by atoms with Crippen molar-refractivity contribution in [1.29, 1.82) is 0 Å². The number of thioether (sulfide) groups is 1. The lowest BCUT2D eigenvalue weighted by atomic mass is 9.96. The van der Waals surface area contributed by atoms with Crippen molar-refractivity contribution in [3.8, 4) is 0 Å². The van der Waals surface area contributed by atoms with Gasteiger partial charge in [0.2, 0.25) is 0 Å². The maximum Gasteiger partial charge on any atom is 0.338 e. The monoisotopic (exact) mass is 512 g/mol. The van der Waals surface area contributed by atoms with Crippen molar-refractivity contribution in [2.24, 2.45) is 4.99 Å². The van der Waals surface area contributed by atoms with E-state index in [1.54, 1.807) is 23.3 Å². The highest BCUT2D eigenvalue weighted by molar-refractivity contribution is 7.98. The van der Waals surface area contributed by atoms with Gasteiger partial charge in [-0.05, 0) is 53.3 Å². The summed E-state index contributed by atoms with van der Waals surface area (Å²) in [4.78, 5) is 33.3. The Hall–Kier alpha value is -3.68. The van der Waals surface area contributed by atoms with Gasteiger partial charge in [-0.15, -0.1) is 11.8 Å². The van der Waals surface area contributed by atoms with Gasteiger partial charge >= 0.3 is 5.97 Å². The third-order valence-corrected chi connectivity index (χ3v) is 7.84. The number of carbonyl (C=O) groups is 1. The van der Waals surface area contributed by atoms with Crippen molar-refractivity contribution in [3.63, 3.8) is 0 Å². The second-order valence-electron chi connectivity index (χ2n) is 8.31. The Morgan fingerprint density at radius 1 is 1.14 bits per heavy atom. The number of hydrogen-bond donors (Lipinski definition) is 0. The van der Waals surface area contributed by atoms with Crippen LogP contribution in [0.15, 0.2) is 105 Å². The predicted molar refractivity (Wildman–Crippen MR) is 147 cm³/mol. The number of aromatic nitrogens is 1. The molecular weight excluding hydrogens is 488 g/mol. The molecule has 1 atom stereocenters. The van der Waals surface area contributed by atoms with Gasteiger partial charge in [0.05, 0.1) is 21.8 Å². The van der Waals surface area contributed by atoms with Gasteiger partial charge in [-0.2, -0.15) is 0 Å². The Morgan fingerprint density at radius 2 is 1.89 bits per heavy atom. The molecule has 0 radical (unpaired) electrons. The van der Waals surface area contributed by atoms with E-state index in [0.29, 0.717) is 20.6 Å². The standard InChI is InChI=1S/C29H24N2O3S2/c1-4-16-34-28(33)25-18(2)30-29-31(26(25)20-12-14-22(35-3)15-13-20)27(32)24(36-29)17-21-10-7-9-19-8-5-6-11-23(19)21/h4-15,17,26H,1,16H2,2-3H3. The van der Waals surface area contributed by atoms with Gasteiger partial charge in [-0.25, -0.2) is 9.79 Å². The fourth-order valence-electron chi connectivity index (χ4n) is 4.41. The quantitative estimate of drug-likeness (QED) is 0.211. The molecule has 3 aromatic carbocycles. The summed E-state index contributed by atoms with van der Waals surface area (Å²) in [6.45, 7) is 5.50. The fourth-order valence-corrected chi connectivity index (χ4v) is 5.86. The van der Waals surface area contributed by atoms with Gasteiger partial charge in [0, 0.05) is 4.90 Å². The van der Waals surface area contributed by atoms with Crippen LogP contribution in [0.5, 0.6) is 0 Å². The summed E-state index contributed by atoms with van der Waals surface area (Å²) in [6.07, 6.45) is 5.44. The number of ether oxygens (including phenoxy) is 1. The van der Waals surface area contributed by atoms with Crippen LogP contribution in [0.25, 0.3) is 16.8 Å². The Kier molecular flexibility index (Phi) is 6.76. The van der Waals surface area contributed by atoms with E-state index >= 15 is 0 Å². The minimum atomic E-state index is -0.635. The Bertz CT molecular complexity index is 1690. The lowest BCUT2D eigenvalue weighted by Crippen LogP contribution is -2.39. The highest BCUT2D eigenvalue weighted by atomic mass is 32.2. The Labute approximate surface area is 216 Å². The largest absolute Gasteiger partial charge is 0.458 e. The first kappa shape index (κ1) is 24.0. The predicted octanol–water partition coefficient (Wildman–Crippen LogP) is 4.84. The summed E-state index contributed by atoms with van der Waals surface area (Å²) in [5.74, 6) is -0.501. The molecule has 0 aliphatic carbocycles. The Morgan fingerprint density at radius 3 is 2.64 bits per heavy atom. The normalized spacial score (nSPS) is 15.5. The molecule has 0 saturated heterocycles. The fraction of sp³-hybridized carbons (Fsp3) is 0.138. The van der Waals surface area contributed by atoms with Crippen molar-refractivity contribution >= 4 is 45.9 Å². The number of esters is 1. The number of carbonyl (C=O) groups excluding carboxylic acids is 1. The third kappa shape index (κ3) is 4.36. The molecule has 0 amide bonds. The minimum absolute atomic E-state index is 0.0826. The summed E-state index contributed by atoms with van der Waals surface area (Å²) in [6, 6.07) is 21.4. The lowest BCUT2D eigenvalue weighted by Gasteiger charge is -2.24. The molecule has 1 unspecified atom stereocenters. The van der Waals surface area contributed by atoms with Gasteiger partial charge in [0.1, 0.15) is 6.61 Å². The molecule has 0 fully saturated rings. The summed E-state index contributed by atoms with van der Waals surface area (Å²) in [5.41, 5.74) is 2.50. The van der Waals surface area contributed by atoms with Gasteiger partial charge in [0.25, 0.3) is 5.56 Å². The molecule has 2 heterocycles. The van der Waals surface area contributed by atoms with Crippen molar-refractivity contribution in [1.82, 2.24) is 4.57 Å². The molecular formula is C29H24N2O3S2. The molecule has 0 N–H and O–H groups in total. The minimum Gasteiger partial charge on any atom is -0.458 e. The SMILES string of the molecule is C=CCOC(=O)C1=C(C)N=c2sc(=Cc3cccc4ccccc34)c(=O)n2C1c1ccc(SC)cc1. The van der Waals surface area contributed by atoms with Crippen molar-refractivity contribution in [3.05, 3.63) is 121 Å². The second kappa shape index (κ2) is 10.1. The first-order valence-electron chi connectivity index (χ1n) is 11.4. The van der Waals surface area contributed by atoms with E-state index in [0.717, 1.165) is 26.8 Å². The molecule has 0 spiro atoms. The second-order valence-corrected chi connectivity index (χ2v) is 10.2. The van der Waals surface area contributed by atoms with E-state index in [9.17, 15) is 9.59 Å². The summed E-state index contributed by atoms with van der Waals surface area (Å²) in [5, 5.41) is 2.17. The average molecular weight is 513 g/mol. The molecule has 5 nitrogen and oxygen atoms in total. The topological polar surface area (TPSA) is 60.7 Å². The summed E-state index contributed by atoms with van der Waals surface area (Å²) < 4.78 is 7.58. The molecule has 0 saturated carbocycles. The van der Waals surface area contributed by atoms with Crippen molar-refractivity contribution in [2.45, 2.75) is 17.9 Å². The van der Waals surface area contributed by atoms with Gasteiger partial charge in [0.15, 0.2) is 4.80 Å². The molecule has 1 aliphatic rings. The van der Waals surface area contributed by atoms with Crippen molar-refractivity contribution < 1.29 is 9.53 Å². The average Bonchev–Trinajstić information content (AvgIpc) is 3.20. The molecule has 1 aliphatic heterocycles. The maximum absolute atomic E-state index is 13.8. The number of rotatable bonds is 6. The van der Waals surface area contributed by atoms with Crippen LogP contribution >= 0.6 is 23.1 Å². The summed E-state index contributed by atoms with van der Waals surface area (Å²) in [7, 11) is 0. The van der Waals surface area contributed by atoms with E-state index in [-0.39, 0.29) is 12.2 Å². The van der Waals surface area contributed by atoms with E-state index in [2.05, 4.69) is 23.7 Å². The number of allylic oxidation sites excluding steroid dienone is 1. The van der Waals surface area contributed by atoms with Crippen molar-refractivity contribution in [2.75, 3.05) is 12.9 Å². The molecule has 4 aromatic rings. The van der Waals surface area contributed by atoms with Crippen LogP contribution < -0.4 is 14.9 Å². The zero-order chi connectivity index (χ0) is 25.2. The molecule has 0 bridgehead atoms. The zero-order valence-corrected chi connectivity index (χ0v) is 21.6. The smallest absolute Gasteiger partial charge is 0.338 e. The highest BCUT2D eigenvalue weighted by Gasteiger charge is 2.33. The Balaban J connectivity index is 1.72. The van der Waals surface area contributed by atoms with Crippen LogP contribution in [0.1, 0.15) is 24.1 Å². The first-order chi connectivity index (χ1) is 17.5. The number of benzene rings is 3. The van der Waals surface area contributed by atoms with Crippen LogP contribution in [0.4, 0.5) is 0 Å². The zero-order valence-electron chi connectivity index (χ0n) is 19.9. The van der Waals surface area contributed by atoms with Gasteiger partial charge in [-0.1, -0.05) is 78.6 Å². The third-order valence-electron chi connectivity index (χ3n) is 6.12. The molecule has 180 valence electrons.